The van der Waals surface area contributed by atoms with Crippen molar-refractivity contribution in [2.24, 2.45) is 0 Å². The van der Waals surface area contributed by atoms with Crippen LogP contribution in [-0.4, -0.2) is 39.6 Å². The van der Waals surface area contributed by atoms with Gasteiger partial charge in [-0.3, -0.25) is 10.0 Å². The second-order valence-electron chi connectivity index (χ2n) is 5.60. The molecule has 0 radical (unpaired) electrons. The summed E-state index contributed by atoms with van der Waals surface area (Å²) in [4.78, 5) is 11.2. The maximum Gasteiger partial charge on any atom is 0.267 e. The average Bonchev–Trinajstić information content (AvgIpc) is 2.74. The number of hydroxylamine groups is 1. The van der Waals surface area contributed by atoms with Crippen molar-refractivity contribution in [3.8, 4) is 23.0 Å². The number of carbonyl (C=O) groups excluding carboxylic acids is 1. The maximum absolute atomic E-state index is 11.2. The fraction of sp³-hybridized carbons (Fsp3) is 0.190. The lowest BCUT2D eigenvalue weighted by Crippen LogP contribution is -2.14. The number of rotatable bonds is 8. The number of hydrogen-bond donors (Lipinski definition) is 2. The van der Waals surface area contributed by atoms with Gasteiger partial charge in [-0.15, -0.1) is 0 Å². The van der Waals surface area contributed by atoms with Crippen molar-refractivity contribution in [3.05, 3.63) is 53.1 Å². The topological polar surface area (TPSA) is 86.2 Å². The number of amides is 1. The molecule has 148 valence electrons. The van der Waals surface area contributed by atoms with E-state index in [4.69, 9.17) is 24.2 Å². The van der Waals surface area contributed by atoms with Crippen molar-refractivity contribution in [2.75, 3.05) is 28.4 Å². The Morgan fingerprint density at radius 2 is 1.43 bits per heavy atom. The molecular formula is C21H23NO6. The molecule has 2 N–H and O–H groups in total. The molecule has 0 saturated carbocycles. The van der Waals surface area contributed by atoms with Gasteiger partial charge in [-0.05, 0) is 41.5 Å². The Labute approximate surface area is 163 Å². The molecule has 28 heavy (non-hydrogen) atoms. The molecule has 0 aliphatic carbocycles. The summed E-state index contributed by atoms with van der Waals surface area (Å²) in [5.74, 6) is 1.64. The molecule has 0 saturated heterocycles. The Kier molecular flexibility index (Phi) is 7.47. The standard InChI is InChI=1S/C21H23NO6/c1-25-17-9-7-14(11-16(17)8-10-20(23)22-24)5-6-15-12-18(26-2)21(28-4)19(13-15)27-3/h5-13,24H,1-4H3,(H,22,23)/b6-5-,10-8?. The van der Waals surface area contributed by atoms with E-state index in [9.17, 15) is 4.79 Å². The first-order valence-corrected chi connectivity index (χ1v) is 8.34. The van der Waals surface area contributed by atoms with Gasteiger partial charge >= 0.3 is 0 Å². The molecule has 1 amide bonds. The van der Waals surface area contributed by atoms with E-state index in [0.717, 1.165) is 11.1 Å². The Balaban J connectivity index is 2.36. The quantitative estimate of drug-likeness (QED) is 0.313. The lowest BCUT2D eigenvalue weighted by atomic mass is 10.1. The zero-order valence-electron chi connectivity index (χ0n) is 16.2. The molecule has 0 bridgehead atoms. The molecule has 0 aliphatic heterocycles. The molecule has 2 aromatic rings. The molecule has 0 heterocycles. The highest BCUT2D eigenvalue weighted by atomic mass is 16.5. The average molecular weight is 385 g/mol. The Bertz CT molecular complexity index is 863. The normalized spacial score (nSPS) is 10.9. The molecule has 7 nitrogen and oxygen atoms in total. The van der Waals surface area contributed by atoms with Crippen molar-refractivity contribution < 1.29 is 28.9 Å². The van der Waals surface area contributed by atoms with Gasteiger partial charge in [0.1, 0.15) is 5.75 Å². The highest BCUT2D eigenvalue weighted by Gasteiger charge is 2.12. The monoisotopic (exact) mass is 385 g/mol. The minimum atomic E-state index is -0.625. The summed E-state index contributed by atoms with van der Waals surface area (Å²) in [6.07, 6.45) is 6.58. The van der Waals surface area contributed by atoms with Crippen LogP contribution >= 0.6 is 0 Å². The number of nitrogens with one attached hydrogen (secondary N) is 1. The van der Waals surface area contributed by atoms with Gasteiger partial charge in [0.25, 0.3) is 5.91 Å². The molecule has 7 heteroatoms. The second-order valence-corrected chi connectivity index (χ2v) is 5.60. The summed E-state index contributed by atoms with van der Waals surface area (Å²) in [5, 5.41) is 8.60. The SMILES string of the molecule is COc1ccc(/C=C\c2cc(OC)c(OC)c(OC)c2)cc1C=CC(=O)NO. The molecule has 0 aromatic heterocycles. The number of hydrogen-bond acceptors (Lipinski definition) is 6. The number of methoxy groups -OCH3 is 4. The van der Waals surface area contributed by atoms with Crippen molar-refractivity contribution in [1.82, 2.24) is 5.48 Å². The van der Waals surface area contributed by atoms with E-state index in [2.05, 4.69) is 0 Å². The van der Waals surface area contributed by atoms with Crippen molar-refractivity contribution in [2.45, 2.75) is 0 Å². The lowest BCUT2D eigenvalue weighted by Gasteiger charge is -2.12. The van der Waals surface area contributed by atoms with Crippen LogP contribution in [-0.2, 0) is 4.79 Å². The van der Waals surface area contributed by atoms with Gasteiger partial charge in [0, 0.05) is 11.6 Å². The van der Waals surface area contributed by atoms with Crippen LogP contribution in [0.1, 0.15) is 16.7 Å². The van der Waals surface area contributed by atoms with Crippen LogP contribution < -0.4 is 24.4 Å². The molecule has 0 unspecified atom stereocenters. The summed E-state index contributed by atoms with van der Waals surface area (Å²) in [6, 6.07) is 9.22. The minimum Gasteiger partial charge on any atom is -0.496 e. The molecule has 0 spiro atoms. The summed E-state index contributed by atoms with van der Waals surface area (Å²) in [5.41, 5.74) is 3.99. The molecule has 0 atom stereocenters. The van der Waals surface area contributed by atoms with Crippen LogP contribution in [0.15, 0.2) is 36.4 Å². The first kappa shape index (κ1) is 20.9. The van der Waals surface area contributed by atoms with E-state index in [0.29, 0.717) is 28.6 Å². The van der Waals surface area contributed by atoms with Crippen LogP contribution in [0.4, 0.5) is 0 Å². The third kappa shape index (κ3) is 5.05. The number of benzene rings is 2. The van der Waals surface area contributed by atoms with Gasteiger partial charge < -0.3 is 18.9 Å². The van der Waals surface area contributed by atoms with E-state index in [1.54, 1.807) is 46.1 Å². The molecule has 2 rings (SSSR count). The summed E-state index contributed by atoms with van der Waals surface area (Å²) in [6.45, 7) is 0. The van der Waals surface area contributed by atoms with Crippen LogP contribution in [0.3, 0.4) is 0 Å². The zero-order chi connectivity index (χ0) is 20.5. The third-order valence-electron chi connectivity index (χ3n) is 3.93. The minimum absolute atomic E-state index is 0.529. The van der Waals surface area contributed by atoms with Gasteiger partial charge in [0.15, 0.2) is 11.5 Å². The fourth-order valence-electron chi connectivity index (χ4n) is 2.58. The van der Waals surface area contributed by atoms with Crippen LogP contribution in [0.5, 0.6) is 23.0 Å². The molecule has 0 aliphatic rings. The molecule has 2 aromatic carbocycles. The van der Waals surface area contributed by atoms with Crippen LogP contribution in [0.25, 0.3) is 18.2 Å². The summed E-state index contributed by atoms with van der Waals surface area (Å²) < 4.78 is 21.4. The first-order valence-electron chi connectivity index (χ1n) is 8.34. The van der Waals surface area contributed by atoms with Crippen molar-refractivity contribution in [3.63, 3.8) is 0 Å². The van der Waals surface area contributed by atoms with Crippen molar-refractivity contribution in [1.29, 1.82) is 0 Å². The highest BCUT2D eigenvalue weighted by Crippen LogP contribution is 2.38. The van der Waals surface area contributed by atoms with E-state index in [1.807, 2.05) is 36.4 Å². The smallest absolute Gasteiger partial charge is 0.267 e. The lowest BCUT2D eigenvalue weighted by molar-refractivity contribution is -0.124. The maximum atomic E-state index is 11.2. The Hall–Kier alpha value is -3.45. The zero-order valence-corrected chi connectivity index (χ0v) is 16.2. The fourth-order valence-corrected chi connectivity index (χ4v) is 2.58. The predicted molar refractivity (Wildman–Crippen MR) is 107 cm³/mol. The molecular weight excluding hydrogens is 362 g/mol. The van der Waals surface area contributed by atoms with Gasteiger partial charge in [0.2, 0.25) is 5.75 Å². The van der Waals surface area contributed by atoms with Gasteiger partial charge in [-0.25, -0.2) is 5.48 Å². The van der Waals surface area contributed by atoms with E-state index < -0.39 is 5.91 Å². The third-order valence-corrected chi connectivity index (χ3v) is 3.93. The first-order chi connectivity index (χ1) is 13.6. The number of carbonyl (C=O) groups is 1. The highest BCUT2D eigenvalue weighted by molar-refractivity contribution is 5.91. The predicted octanol–water partition coefficient (Wildman–Crippen LogP) is 3.41. The largest absolute Gasteiger partial charge is 0.496 e. The molecule has 0 fully saturated rings. The Morgan fingerprint density at radius 3 is 1.96 bits per heavy atom. The Morgan fingerprint density at radius 1 is 0.821 bits per heavy atom. The summed E-state index contributed by atoms with van der Waals surface area (Å²) in [7, 11) is 6.23. The van der Waals surface area contributed by atoms with Crippen LogP contribution in [0.2, 0.25) is 0 Å². The van der Waals surface area contributed by atoms with Crippen molar-refractivity contribution >= 4 is 24.1 Å². The number of ether oxygens (including phenoxy) is 4. The van der Waals surface area contributed by atoms with E-state index >= 15 is 0 Å². The van der Waals surface area contributed by atoms with Gasteiger partial charge in [-0.2, -0.15) is 0 Å². The van der Waals surface area contributed by atoms with Gasteiger partial charge in [0.05, 0.1) is 28.4 Å². The van der Waals surface area contributed by atoms with E-state index in [1.165, 1.54) is 6.08 Å². The van der Waals surface area contributed by atoms with Crippen LogP contribution in [0, 0.1) is 0 Å². The van der Waals surface area contributed by atoms with Gasteiger partial charge in [-0.1, -0.05) is 18.2 Å². The summed E-state index contributed by atoms with van der Waals surface area (Å²) >= 11 is 0. The van der Waals surface area contributed by atoms with E-state index in [-0.39, 0.29) is 0 Å². The second kappa shape index (κ2) is 10.0.